The number of carbonyl (C=O) groups is 1. The Morgan fingerprint density at radius 2 is 1.53 bits per heavy atom. The zero-order valence-electron chi connectivity index (χ0n) is 20.9. The van der Waals surface area contributed by atoms with Gasteiger partial charge in [0.2, 0.25) is 5.91 Å². The Labute approximate surface area is 215 Å². The van der Waals surface area contributed by atoms with Gasteiger partial charge in [0, 0.05) is 16.9 Å². The molecule has 186 valence electrons. The number of benzene rings is 3. The van der Waals surface area contributed by atoms with Gasteiger partial charge in [0.05, 0.1) is 20.0 Å². The Morgan fingerprint density at radius 3 is 2.11 bits per heavy atom. The third kappa shape index (κ3) is 5.88. The van der Waals surface area contributed by atoms with E-state index in [0.29, 0.717) is 16.9 Å². The fraction of sp³-hybridized carbons (Fsp3) is 0.250. The van der Waals surface area contributed by atoms with Crippen LogP contribution in [0, 0.1) is 0 Å². The molecule has 0 spiro atoms. The fourth-order valence-electron chi connectivity index (χ4n) is 3.71. The fourth-order valence-corrected chi connectivity index (χ4v) is 4.46. The Hall–Kier alpha value is -3.78. The molecule has 4 aromatic rings. The standard InChI is InChI=1S/C28H30N4O3S/c1-5-19(2)20-6-10-22(11-7-20)29-26(33)18-36-28-31-30-27(21-8-14-24(34-3)15-9-21)32(28)23-12-16-25(35-4)17-13-23/h6-17,19H,5,18H2,1-4H3,(H,29,33)/t19-/m0/s1. The lowest BCUT2D eigenvalue weighted by Gasteiger charge is -2.12. The third-order valence-corrected chi connectivity index (χ3v) is 6.95. The number of rotatable bonds is 10. The minimum Gasteiger partial charge on any atom is -0.497 e. The van der Waals surface area contributed by atoms with Crippen LogP contribution in [0.1, 0.15) is 31.7 Å². The number of ether oxygens (including phenoxy) is 2. The van der Waals surface area contributed by atoms with Crippen LogP contribution in [0.2, 0.25) is 0 Å². The number of carbonyl (C=O) groups excluding carboxylic acids is 1. The van der Waals surface area contributed by atoms with Crippen molar-refractivity contribution in [1.82, 2.24) is 14.8 Å². The van der Waals surface area contributed by atoms with Gasteiger partial charge in [0.15, 0.2) is 11.0 Å². The van der Waals surface area contributed by atoms with E-state index in [1.165, 1.54) is 17.3 Å². The molecule has 1 aromatic heterocycles. The van der Waals surface area contributed by atoms with Gasteiger partial charge >= 0.3 is 0 Å². The Balaban J connectivity index is 1.54. The molecule has 0 bridgehead atoms. The lowest BCUT2D eigenvalue weighted by molar-refractivity contribution is -0.113. The van der Waals surface area contributed by atoms with E-state index < -0.39 is 0 Å². The molecule has 0 radical (unpaired) electrons. The molecule has 1 heterocycles. The number of methoxy groups -OCH3 is 2. The Bertz CT molecular complexity index is 1290. The molecule has 0 aliphatic carbocycles. The highest BCUT2D eigenvalue weighted by Gasteiger charge is 2.18. The van der Waals surface area contributed by atoms with Gasteiger partial charge in [0.1, 0.15) is 11.5 Å². The number of nitrogens with zero attached hydrogens (tertiary/aromatic N) is 3. The van der Waals surface area contributed by atoms with Crippen LogP contribution < -0.4 is 14.8 Å². The number of hydrogen-bond donors (Lipinski definition) is 1. The van der Waals surface area contributed by atoms with Crippen molar-refractivity contribution < 1.29 is 14.3 Å². The maximum atomic E-state index is 12.7. The van der Waals surface area contributed by atoms with Crippen molar-refractivity contribution >= 4 is 23.4 Å². The highest BCUT2D eigenvalue weighted by Crippen LogP contribution is 2.30. The number of hydrogen-bond acceptors (Lipinski definition) is 6. The first-order valence-corrected chi connectivity index (χ1v) is 12.8. The molecule has 0 unspecified atom stereocenters. The SMILES string of the molecule is CC[C@H](C)c1ccc(NC(=O)CSc2nnc(-c3ccc(OC)cc3)n2-c2ccc(OC)cc2)cc1. The second-order valence-corrected chi connectivity index (χ2v) is 9.28. The normalized spacial score (nSPS) is 11.7. The summed E-state index contributed by atoms with van der Waals surface area (Å²) in [6.45, 7) is 4.37. The van der Waals surface area contributed by atoms with Crippen LogP contribution in [0.3, 0.4) is 0 Å². The zero-order valence-corrected chi connectivity index (χ0v) is 21.7. The summed E-state index contributed by atoms with van der Waals surface area (Å²) < 4.78 is 12.5. The topological polar surface area (TPSA) is 78.3 Å². The average molecular weight is 503 g/mol. The molecule has 36 heavy (non-hydrogen) atoms. The molecule has 7 nitrogen and oxygen atoms in total. The Morgan fingerprint density at radius 1 is 0.917 bits per heavy atom. The predicted molar refractivity (Wildman–Crippen MR) is 144 cm³/mol. The molecular formula is C28H30N4O3S. The lowest BCUT2D eigenvalue weighted by Crippen LogP contribution is -2.14. The van der Waals surface area contributed by atoms with Crippen molar-refractivity contribution in [2.75, 3.05) is 25.3 Å². The molecule has 3 aromatic carbocycles. The van der Waals surface area contributed by atoms with Gasteiger partial charge in [-0.2, -0.15) is 0 Å². The van der Waals surface area contributed by atoms with Crippen molar-refractivity contribution in [3.8, 4) is 28.6 Å². The molecule has 0 saturated carbocycles. The van der Waals surface area contributed by atoms with Gasteiger partial charge in [-0.3, -0.25) is 9.36 Å². The summed E-state index contributed by atoms with van der Waals surface area (Å²) in [5.41, 5.74) is 3.80. The molecule has 0 saturated heterocycles. The van der Waals surface area contributed by atoms with E-state index in [0.717, 1.165) is 34.9 Å². The Kier molecular flexibility index (Phi) is 8.28. The van der Waals surface area contributed by atoms with Crippen LogP contribution in [0.4, 0.5) is 5.69 Å². The van der Waals surface area contributed by atoms with E-state index in [2.05, 4.69) is 41.5 Å². The van der Waals surface area contributed by atoms with Gasteiger partial charge in [-0.05, 0) is 78.6 Å². The molecule has 1 atom stereocenters. The van der Waals surface area contributed by atoms with Gasteiger partial charge in [-0.25, -0.2) is 0 Å². The van der Waals surface area contributed by atoms with Crippen molar-refractivity contribution in [1.29, 1.82) is 0 Å². The molecule has 1 amide bonds. The quantitative estimate of drug-likeness (QED) is 0.260. The van der Waals surface area contributed by atoms with Crippen LogP contribution in [0.15, 0.2) is 78.0 Å². The van der Waals surface area contributed by atoms with Crippen molar-refractivity contribution in [2.45, 2.75) is 31.3 Å². The molecule has 0 fully saturated rings. The minimum absolute atomic E-state index is 0.105. The van der Waals surface area contributed by atoms with Crippen molar-refractivity contribution in [2.24, 2.45) is 0 Å². The highest BCUT2D eigenvalue weighted by atomic mass is 32.2. The first-order chi connectivity index (χ1) is 17.5. The predicted octanol–water partition coefficient (Wildman–Crippen LogP) is 6.20. The summed E-state index contributed by atoms with van der Waals surface area (Å²) in [5.74, 6) is 2.78. The van der Waals surface area contributed by atoms with E-state index in [9.17, 15) is 4.79 Å². The largest absolute Gasteiger partial charge is 0.497 e. The van der Waals surface area contributed by atoms with E-state index in [4.69, 9.17) is 9.47 Å². The molecule has 1 N–H and O–H groups in total. The minimum atomic E-state index is -0.105. The molecule has 4 rings (SSSR count). The van der Waals surface area contributed by atoms with E-state index in [1.54, 1.807) is 14.2 Å². The van der Waals surface area contributed by atoms with Gasteiger partial charge in [-0.15, -0.1) is 10.2 Å². The van der Waals surface area contributed by atoms with Crippen molar-refractivity contribution in [3.05, 3.63) is 78.4 Å². The smallest absolute Gasteiger partial charge is 0.234 e. The summed E-state index contributed by atoms with van der Waals surface area (Å²) in [4.78, 5) is 12.7. The van der Waals surface area contributed by atoms with Gasteiger partial charge in [-0.1, -0.05) is 37.7 Å². The number of nitrogens with one attached hydrogen (secondary N) is 1. The maximum Gasteiger partial charge on any atom is 0.234 e. The molecule has 0 aliphatic heterocycles. The first kappa shape index (κ1) is 25.3. The van der Waals surface area contributed by atoms with Crippen LogP contribution in [-0.2, 0) is 4.79 Å². The number of aromatic nitrogens is 3. The van der Waals surface area contributed by atoms with Gasteiger partial charge in [0.25, 0.3) is 0 Å². The maximum absolute atomic E-state index is 12.7. The van der Waals surface area contributed by atoms with Crippen molar-refractivity contribution in [3.63, 3.8) is 0 Å². The van der Waals surface area contributed by atoms with Crippen LogP contribution in [-0.4, -0.2) is 40.6 Å². The zero-order chi connectivity index (χ0) is 25.5. The number of amides is 1. The monoisotopic (exact) mass is 502 g/mol. The first-order valence-electron chi connectivity index (χ1n) is 11.8. The molecule has 0 aliphatic rings. The second kappa shape index (κ2) is 11.8. The highest BCUT2D eigenvalue weighted by molar-refractivity contribution is 7.99. The number of anilines is 1. The summed E-state index contributed by atoms with van der Waals surface area (Å²) in [7, 11) is 3.27. The van der Waals surface area contributed by atoms with E-state index in [-0.39, 0.29) is 11.7 Å². The average Bonchev–Trinajstić information content (AvgIpc) is 3.36. The van der Waals surface area contributed by atoms with E-state index in [1.807, 2.05) is 65.2 Å². The second-order valence-electron chi connectivity index (χ2n) is 8.34. The summed E-state index contributed by atoms with van der Waals surface area (Å²) in [6, 6.07) is 23.3. The third-order valence-electron chi connectivity index (χ3n) is 6.02. The van der Waals surface area contributed by atoms with Crippen LogP contribution in [0.5, 0.6) is 11.5 Å². The summed E-state index contributed by atoms with van der Waals surface area (Å²) in [5, 5.41) is 12.4. The summed E-state index contributed by atoms with van der Waals surface area (Å²) in [6.07, 6.45) is 1.08. The summed E-state index contributed by atoms with van der Waals surface area (Å²) >= 11 is 1.34. The van der Waals surface area contributed by atoms with Gasteiger partial charge < -0.3 is 14.8 Å². The molecule has 8 heteroatoms. The molecular weight excluding hydrogens is 472 g/mol. The van der Waals surface area contributed by atoms with Crippen LogP contribution >= 0.6 is 11.8 Å². The number of thioether (sulfide) groups is 1. The van der Waals surface area contributed by atoms with E-state index >= 15 is 0 Å². The lowest BCUT2D eigenvalue weighted by atomic mass is 9.99. The van der Waals surface area contributed by atoms with Crippen LogP contribution in [0.25, 0.3) is 17.1 Å².